The molecule has 5 fully saturated rings. The summed E-state index contributed by atoms with van der Waals surface area (Å²) in [5.41, 5.74) is 40.2. The molecule has 1 aromatic heterocycles. The van der Waals surface area contributed by atoms with Crippen LogP contribution in [0.15, 0.2) is 228 Å². The molecule has 5 amide bonds. The molecule has 0 radical (unpaired) electrons. The number of likely N-dealkylation sites (tertiary alicyclic amines) is 5. The molecule has 0 saturated carbocycles. The fourth-order valence-electron chi connectivity index (χ4n) is 20.0. The first-order valence-corrected chi connectivity index (χ1v) is 57.4. The van der Waals surface area contributed by atoms with Crippen LogP contribution >= 0.6 is 0 Å². The van der Waals surface area contributed by atoms with Gasteiger partial charge in [-0.15, -0.1) is 22.0 Å². The molecule has 11 heterocycles. The van der Waals surface area contributed by atoms with Gasteiger partial charge >= 0.3 is 0 Å². The molecule has 5 saturated heterocycles. The predicted molar refractivity (Wildman–Crippen MR) is 564 cm³/mol. The van der Waals surface area contributed by atoms with Crippen LogP contribution in [0.25, 0.3) is 0 Å². The van der Waals surface area contributed by atoms with Crippen molar-refractivity contribution < 1.29 is 98.5 Å². The quantitative estimate of drug-likeness (QED) is 0.0473. The number of benzene rings is 9. The molecule has 10 aliphatic heterocycles. The average Bonchev–Trinajstić information content (AvgIpc) is 0.788. The maximum absolute atomic E-state index is 14.1. The number of pyridine rings is 1. The smallest absolute Gasteiger partial charge is 0.259 e. The first-order valence-electron chi connectivity index (χ1n) is 49.4. The zero-order valence-corrected chi connectivity index (χ0v) is 87.1. The largest absolute Gasteiger partial charge is 0.492 e. The number of rotatable bonds is 20. The lowest BCUT2D eigenvalue weighted by Crippen LogP contribution is -2.47. The Balaban J connectivity index is 0.000000133. The van der Waals surface area contributed by atoms with E-state index in [2.05, 4.69) is 27.0 Å². The summed E-state index contributed by atoms with van der Waals surface area (Å²) in [6.45, 7) is 12.5. The highest BCUT2D eigenvalue weighted by molar-refractivity contribution is 7.90. The fraction of sp³-hybridized carbons (Fsp3) is 0.355. The van der Waals surface area contributed by atoms with Crippen LogP contribution in [0.1, 0.15) is 201 Å². The van der Waals surface area contributed by atoms with Gasteiger partial charge in [0.15, 0.2) is 0 Å². The maximum Gasteiger partial charge on any atom is 0.259 e. The van der Waals surface area contributed by atoms with Crippen LogP contribution in [0.2, 0.25) is 0 Å². The van der Waals surface area contributed by atoms with Crippen molar-refractivity contribution in [3.05, 3.63) is 318 Å². The third kappa shape index (κ3) is 26.8. The predicted octanol–water partition coefficient (Wildman–Crippen LogP) is 11.7. The van der Waals surface area contributed by atoms with Crippen LogP contribution in [-0.2, 0) is 78.9 Å². The molecule has 10 aromatic rings. The summed E-state index contributed by atoms with van der Waals surface area (Å²) in [6, 6.07) is 56.2. The summed E-state index contributed by atoms with van der Waals surface area (Å²) in [6.07, 6.45) is 12.4. The first-order chi connectivity index (χ1) is 71.7. The van der Waals surface area contributed by atoms with E-state index < -0.39 is 61.8 Å². The first kappa shape index (κ1) is 108. The Kier molecular flexibility index (Phi) is 34.0. The third-order valence-corrected chi connectivity index (χ3v) is 33.0. The van der Waals surface area contributed by atoms with Crippen molar-refractivity contribution in [2.75, 3.05) is 85.4 Å². The number of nitrogens with zero attached hydrogens (tertiary/aromatic N) is 11. The Bertz CT molecular complexity index is 7430. The van der Waals surface area contributed by atoms with Crippen molar-refractivity contribution in [3.8, 4) is 28.7 Å². The Hall–Kier alpha value is -14.6. The second kappa shape index (κ2) is 47.1. The number of halogens is 2. The van der Waals surface area contributed by atoms with Crippen LogP contribution in [0, 0.1) is 50.2 Å². The van der Waals surface area contributed by atoms with Crippen LogP contribution in [-0.4, -0.2) is 228 Å². The molecule has 790 valence electrons. The molecule has 0 spiro atoms. The van der Waals surface area contributed by atoms with Crippen molar-refractivity contribution >= 4 is 109 Å². The van der Waals surface area contributed by atoms with E-state index >= 15 is 0 Å². The zero-order valence-electron chi connectivity index (χ0n) is 83.0. The van der Waals surface area contributed by atoms with Crippen LogP contribution in [0.3, 0.4) is 0 Å². The van der Waals surface area contributed by atoms with Gasteiger partial charge in [-0.3, -0.25) is 29.0 Å². The Morgan fingerprint density at radius 3 is 0.973 bits per heavy atom. The van der Waals surface area contributed by atoms with Crippen molar-refractivity contribution in [2.45, 2.75) is 139 Å². The number of carbonyl (C=O) groups is 5. The SMILES string of the molecule is Cc1ccc(C(=O)N2CCC[C@H](COc3cccc4c3C(N)=NS(=O)(=O)C4)C2)cn1.Cc1ccccc1C(=O)N1CCCC[C@@H]1COc1cccc2c1C(N)=NS(=O)(=O)C2.Cc1ccccc1C(=O)N1CCC[C@H](COc2cccc3c2C(N)=NS(=O)(=O)C3)C1.NC1=NS(=O)(=O)Cc2cccc(OC[C@H]3CCCCN3C(=O)c3ccccc3F)c21.NC1=NS(=O)(=O)Cc2cccc(OC[C@H]3CCCN(C(=O)c4cccc(F)c4)C3)c21. The highest BCUT2D eigenvalue weighted by Crippen LogP contribution is 2.38. The number of piperidine rings is 5. The van der Waals surface area contributed by atoms with Gasteiger partial charge in [-0.05, 0) is 222 Å². The van der Waals surface area contributed by atoms with Crippen molar-refractivity contribution in [1.82, 2.24) is 29.5 Å². The van der Waals surface area contributed by atoms with Gasteiger partial charge in [-0.2, -0.15) is 0 Å². The van der Waals surface area contributed by atoms with Crippen LogP contribution in [0.5, 0.6) is 28.7 Å². The highest BCUT2D eigenvalue weighted by Gasteiger charge is 2.38. The Labute approximate surface area is 870 Å². The van der Waals surface area contributed by atoms with Gasteiger partial charge in [0.2, 0.25) is 0 Å². The van der Waals surface area contributed by atoms with Crippen molar-refractivity contribution in [1.29, 1.82) is 0 Å². The van der Waals surface area contributed by atoms with E-state index in [1.165, 1.54) is 30.3 Å². The summed E-state index contributed by atoms with van der Waals surface area (Å²) in [5.74, 6) is 0.121. The molecule has 36 nitrogen and oxygen atoms in total. The van der Waals surface area contributed by atoms with E-state index in [0.29, 0.717) is 173 Å². The zero-order chi connectivity index (χ0) is 107. The summed E-state index contributed by atoms with van der Waals surface area (Å²) in [7, 11) is -18.0. The number of fused-ring (bicyclic) bond motifs is 5. The fourth-order valence-corrected chi connectivity index (χ4v) is 25.5. The van der Waals surface area contributed by atoms with E-state index in [0.717, 1.165) is 106 Å². The molecule has 43 heteroatoms. The molecule has 150 heavy (non-hydrogen) atoms. The number of amidine groups is 5. The van der Waals surface area contributed by atoms with E-state index in [9.17, 15) is 74.8 Å². The second-order valence-electron chi connectivity index (χ2n) is 38.4. The van der Waals surface area contributed by atoms with Gasteiger partial charge in [-0.25, -0.2) is 50.9 Å². The Morgan fingerprint density at radius 1 is 0.320 bits per heavy atom. The van der Waals surface area contributed by atoms with Crippen LogP contribution in [0.4, 0.5) is 8.78 Å². The van der Waals surface area contributed by atoms with Gasteiger partial charge in [0.25, 0.3) is 79.7 Å². The minimum absolute atomic E-state index is 0.0173. The molecular weight excluding hydrogens is 2030 g/mol. The van der Waals surface area contributed by atoms with Gasteiger partial charge in [0.1, 0.15) is 82.8 Å². The van der Waals surface area contributed by atoms with E-state index in [4.69, 9.17) is 52.4 Å². The third-order valence-electron chi connectivity index (χ3n) is 27.3. The summed E-state index contributed by atoms with van der Waals surface area (Å²) in [5, 5.41) is 0. The number of carbonyl (C=O) groups excluding carboxylic acids is 5. The lowest BCUT2D eigenvalue weighted by molar-refractivity contribution is 0.0519. The average molecular weight is 2150 g/mol. The molecule has 0 bridgehead atoms. The van der Waals surface area contributed by atoms with E-state index in [1.807, 2.05) is 90.1 Å². The van der Waals surface area contributed by atoms with E-state index in [-0.39, 0.29) is 129 Å². The Morgan fingerprint density at radius 2 is 0.633 bits per heavy atom. The number of sulfonamides is 5. The molecule has 5 atom stereocenters. The number of nitrogens with two attached hydrogens (primary N) is 5. The molecule has 0 aliphatic carbocycles. The van der Waals surface area contributed by atoms with Gasteiger partial charge in [0, 0.05) is 98.7 Å². The summed E-state index contributed by atoms with van der Waals surface area (Å²) < 4.78 is 194. The van der Waals surface area contributed by atoms with Crippen LogP contribution < -0.4 is 52.4 Å². The molecule has 10 N–H and O–H groups in total. The monoisotopic (exact) mass is 2140 g/mol. The summed E-state index contributed by atoms with van der Waals surface area (Å²) >= 11 is 0. The number of aromatic nitrogens is 1. The van der Waals surface area contributed by atoms with E-state index in [1.54, 1.807) is 131 Å². The molecule has 9 aromatic carbocycles. The van der Waals surface area contributed by atoms with Gasteiger partial charge in [-0.1, -0.05) is 115 Å². The molecule has 20 rings (SSSR count). The second-order valence-corrected chi connectivity index (χ2v) is 46.6. The summed E-state index contributed by atoms with van der Waals surface area (Å²) in [4.78, 5) is 77.7. The van der Waals surface area contributed by atoms with Gasteiger partial charge < -0.3 is 76.9 Å². The highest BCUT2D eigenvalue weighted by atomic mass is 32.2. The number of hydrogen-bond donors (Lipinski definition) is 5. The molecule has 10 aliphatic rings. The van der Waals surface area contributed by atoms with Crippen molar-refractivity contribution in [2.24, 2.45) is 68.4 Å². The molecular formula is C107H118F2N16O20S5. The lowest BCUT2D eigenvalue weighted by Gasteiger charge is -2.36. The minimum Gasteiger partial charge on any atom is -0.492 e. The lowest BCUT2D eigenvalue weighted by atomic mass is 9.97. The topological polar surface area (TPSA) is 523 Å². The normalized spacial score (nSPS) is 20.2. The number of amides is 5. The molecule has 0 unspecified atom stereocenters. The minimum atomic E-state index is -3.63. The maximum atomic E-state index is 14.1. The number of hydrogen-bond acceptors (Lipinski definition) is 26. The number of ether oxygens (including phenoxy) is 5. The van der Waals surface area contributed by atoms with Gasteiger partial charge in [0.05, 0.1) is 99.6 Å². The van der Waals surface area contributed by atoms with Crippen molar-refractivity contribution in [3.63, 3.8) is 0 Å². The number of aryl methyl sites for hydroxylation is 3. The standard InChI is InChI=1S/2C22H25N3O4S.2C21H22FN3O4S.C21H24N4O4S/c1-15-6-2-3-9-18(15)22(26)25-11-5-7-16(12-25)13-29-19-10-4-8-17-14-30(27,28)24-21(23)20(17)19;1-15-7-2-3-10-18(15)22(26)25-12-5-4-9-17(25)13-29-19-11-6-8-16-14-30(27,28)24-21(23)20(16)19;22-17-7-1-5-15(10-17)21(26)25-9-3-4-14(11-25)12-29-18-8-2-6-16-13-30(27,28)24-20(23)19(16)18;22-17-9-2-1-8-16(17)21(26)25-11-4-3-7-15(25)12-29-18-10-5-6-14-13-30(27,28)24-20(23)19(14)18;1-14-7-8-16(10-23-14)21(26)25-9-3-4-15(11-25)12-29-18-6-2-5-17-13-30(27,28)24-20(22)19(17)18/h2-4,6,8-10,16H,5,7,11-14H2,1H3,(H2,23,24);2-3,6-8,10-11,17H,4-5,9,12-14H2,1H3,(H2,23,24);1-2,5-8,10,14H,3-4,9,11-13H2,(H2,23,24);1-2,5-6,8-10,15H,3-4,7,11-13H2,(H2,23,24);2,5-8,10,15H,3-4,9,11-13H2,1H3,(H2,22,24)/t16-;17-;14-;2*15-/m01010/s1.